The Hall–Kier alpha value is -4.07. The minimum atomic E-state index is -0.514. The van der Waals surface area contributed by atoms with Crippen LogP contribution in [0.2, 0.25) is 0 Å². The Kier molecular flexibility index (Phi) is 8.02. The fraction of sp³-hybridized carbons (Fsp3) is 0.208. The summed E-state index contributed by atoms with van der Waals surface area (Å²) in [5, 5.41) is 5.55. The third kappa shape index (κ3) is 6.73. The Morgan fingerprint density at radius 2 is 1.72 bits per heavy atom. The van der Waals surface area contributed by atoms with Gasteiger partial charge in [0, 0.05) is 13.0 Å². The summed E-state index contributed by atoms with van der Waals surface area (Å²) < 4.78 is 16.2. The third-order valence-corrected chi connectivity index (χ3v) is 4.47. The van der Waals surface area contributed by atoms with Gasteiger partial charge in [0.15, 0.2) is 5.75 Å². The maximum Gasteiger partial charge on any atom is 0.319 e. The van der Waals surface area contributed by atoms with E-state index in [0.717, 1.165) is 11.1 Å². The molecule has 0 unspecified atom stereocenters. The highest BCUT2D eigenvalue weighted by molar-refractivity contribution is 5.89. The molecule has 0 aliphatic heterocycles. The molecule has 0 aliphatic rings. The van der Waals surface area contributed by atoms with Crippen molar-refractivity contribution in [2.24, 2.45) is 0 Å². The first-order valence-electron chi connectivity index (χ1n) is 10.0. The van der Waals surface area contributed by atoms with Crippen molar-refractivity contribution in [2.45, 2.75) is 19.6 Å². The molecule has 1 aromatic heterocycles. The Morgan fingerprint density at radius 1 is 1.03 bits per heavy atom. The van der Waals surface area contributed by atoms with Crippen molar-refractivity contribution < 1.29 is 23.8 Å². The summed E-state index contributed by atoms with van der Waals surface area (Å²) in [5.74, 6) is 0.283. The Morgan fingerprint density at radius 3 is 2.38 bits per heavy atom. The second-order valence-corrected chi connectivity index (χ2v) is 6.87. The molecule has 0 aliphatic carbocycles. The largest absolute Gasteiger partial charge is 0.483 e. The van der Waals surface area contributed by atoms with Crippen LogP contribution in [0.25, 0.3) is 0 Å². The third-order valence-electron chi connectivity index (χ3n) is 4.47. The number of nitrogens with one attached hydrogen (secondary N) is 2. The number of anilines is 1. The number of ether oxygens (including phenoxy) is 3. The minimum Gasteiger partial charge on any atom is -0.483 e. The number of rotatable bonds is 9. The molecular weight excluding hydrogens is 410 g/mol. The number of urea groups is 1. The fourth-order valence-corrected chi connectivity index (χ4v) is 2.93. The van der Waals surface area contributed by atoms with Gasteiger partial charge in [-0.3, -0.25) is 4.79 Å². The topological polar surface area (TPSA) is 98.8 Å². The molecule has 8 nitrogen and oxygen atoms in total. The molecule has 0 fully saturated rings. The molecule has 1 heterocycles. The number of hydrogen-bond acceptors (Lipinski definition) is 6. The minimum absolute atomic E-state index is 0.0130. The molecule has 2 amide bonds. The SMILES string of the molecule is COc1ncc(NC(=O)N[C@@H](COC(C)=O)c2ccccc2)cc1OCc1ccccc1. The van der Waals surface area contributed by atoms with E-state index in [-0.39, 0.29) is 6.61 Å². The van der Waals surface area contributed by atoms with E-state index in [1.807, 2.05) is 60.7 Å². The predicted molar refractivity (Wildman–Crippen MR) is 120 cm³/mol. The molecule has 0 spiro atoms. The normalized spacial score (nSPS) is 11.2. The van der Waals surface area contributed by atoms with Crippen molar-refractivity contribution in [3.63, 3.8) is 0 Å². The summed E-state index contributed by atoms with van der Waals surface area (Å²) in [6.45, 7) is 1.66. The van der Waals surface area contributed by atoms with Crippen molar-refractivity contribution in [2.75, 3.05) is 19.0 Å². The van der Waals surface area contributed by atoms with Gasteiger partial charge in [-0.1, -0.05) is 60.7 Å². The second kappa shape index (κ2) is 11.4. The molecule has 0 radical (unpaired) electrons. The smallest absolute Gasteiger partial charge is 0.319 e. The first-order valence-corrected chi connectivity index (χ1v) is 10.0. The molecule has 0 bridgehead atoms. The summed E-state index contributed by atoms with van der Waals surface area (Å²) in [4.78, 5) is 28.1. The molecule has 0 saturated carbocycles. The average molecular weight is 435 g/mol. The molecule has 3 aromatic rings. The van der Waals surface area contributed by atoms with Gasteiger partial charge in [-0.25, -0.2) is 9.78 Å². The van der Waals surface area contributed by atoms with Crippen molar-refractivity contribution >= 4 is 17.7 Å². The highest BCUT2D eigenvalue weighted by Gasteiger charge is 2.17. The monoisotopic (exact) mass is 435 g/mol. The van der Waals surface area contributed by atoms with Gasteiger partial charge in [0.1, 0.15) is 13.2 Å². The fourth-order valence-electron chi connectivity index (χ4n) is 2.93. The van der Waals surface area contributed by atoms with Crippen LogP contribution in [0.5, 0.6) is 11.6 Å². The molecule has 2 aromatic carbocycles. The Balaban J connectivity index is 1.68. The average Bonchev–Trinajstić information content (AvgIpc) is 2.81. The number of pyridine rings is 1. The Bertz CT molecular complexity index is 1030. The molecule has 32 heavy (non-hydrogen) atoms. The Labute approximate surface area is 186 Å². The van der Waals surface area contributed by atoms with Crippen LogP contribution in [0.1, 0.15) is 24.1 Å². The van der Waals surface area contributed by atoms with E-state index in [9.17, 15) is 9.59 Å². The number of methoxy groups -OCH3 is 1. The van der Waals surface area contributed by atoms with Gasteiger partial charge in [-0.2, -0.15) is 0 Å². The molecule has 3 rings (SSSR count). The summed E-state index contributed by atoms with van der Waals surface area (Å²) in [6, 6.07) is 19.6. The van der Waals surface area contributed by atoms with Crippen molar-refractivity contribution in [3.8, 4) is 11.6 Å². The highest BCUT2D eigenvalue weighted by Crippen LogP contribution is 2.28. The summed E-state index contributed by atoms with van der Waals surface area (Å²) >= 11 is 0. The van der Waals surface area contributed by atoms with Crippen molar-refractivity contribution in [3.05, 3.63) is 84.1 Å². The second-order valence-electron chi connectivity index (χ2n) is 6.87. The molecule has 166 valence electrons. The maximum absolute atomic E-state index is 12.6. The summed E-state index contributed by atoms with van der Waals surface area (Å²) in [7, 11) is 1.50. The van der Waals surface area contributed by atoms with Gasteiger partial charge in [-0.05, 0) is 11.1 Å². The van der Waals surface area contributed by atoms with E-state index >= 15 is 0 Å². The number of esters is 1. The van der Waals surface area contributed by atoms with Gasteiger partial charge in [-0.15, -0.1) is 0 Å². The van der Waals surface area contributed by atoms with Crippen LogP contribution < -0.4 is 20.1 Å². The molecule has 1 atom stereocenters. The van der Waals surface area contributed by atoms with Crippen LogP contribution in [0.4, 0.5) is 10.5 Å². The first-order chi connectivity index (χ1) is 15.5. The summed E-state index contributed by atoms with van der Waals surface area (Å²) in [6.07, 6.45) is 1.47. The van der Waals surface area contributed by atoms with E-state index in [4.69, 9.17) is 14.2 Å². The summed E-state index contributed by atoms with van der Waals surface area (Å²) in [5.41, 5.74) is 2.22. The van der Waals surface area contributed by atoms with Crippen LogP contribution >= 0.6 is 0 Å². The molecular formula is C24H25N3O5. The number of amides is 2. The van der Waals surface area contributed by atoms with Gasteiger partial charge < -0.3 is 24.8 Å². The zero-order valence-electron chi connectivity index (χ0n) is 17.9. The number of aromatic nitrogens is 1. The lowest BCUT2D eigenvalue weighted by molar-refractivity contribution is -0.141. The standard InChI is InChI=1S/C24H25N3O5/c1-17(28)31-16-21(19-11-7-4-8-12-19)27-24(29)26-20-13-22(23(30-2)25-14-20)32-15-18-9-5-3-6-10-18/h3-14,21H,15-16H2,1-2H3,(H2,26,27,29)/t21-/m0/s1. The maximum atomic E-state index is 12.6. The van der Waals surface area contributed by atoms with E-state index in [2.05, 4.69) is 15.6 Å². The van der Waals surface area contributed by atoms with Crippen LogP contribution in [0.15, 0.2) is 72.9 Å². The van der Waals surface area contributed by atoms with E-state index in [1.54, 1.807) is 6.07 Å². The van der Waals surface area contributed by atoms with Crippen LogP contribution in [-0.4, -0.2) is 30.7 Å². The van der Waals surface area contributed by atoms with Crippen molar-refractivity contribution in [1.82, 2.24) is 10.3 Å². The van der Waals surface area contributed by atoms with Gasteiger partial charge in [0.2, 0.25) is 0 Å². The number of carbonyl (C=O) groups excluding carboxylic acids is 2. The van der Waals surface area contributed by atoms with Crippen molar-refractivity contribution in [1.29, 1.82) is 0 Å². The lowest BCUT2D eigenvalue weighted by Crippen LogP contribution is -2.35. The quantitative estimate of drug-likeness (QED) is 0.491. The van der Waals surface area contributed by atoms with Crippen LogP contribution in [0, 0.1) is 0 Å². The van der Waals surface area contributed by atoms with Crippen LogP contribution in [-0.2, 0) is 16.1 Å². The lowest BCUT2D eigenvalue weighted by atomic mass is 10.1. The predicted octanol–water partition coefficient (Wildman–Crippen LogP) is 4.10. The number of nitrogens with zero attached hydrogens (tertiary/aromatic N) is 1. The van der Waals surface area contributed by atoms with E-state index in [0.29, 0.717) is 23.9 Å². The van der Waals surface area contributed by atoms with E-state index < -0.39 is 18.0 Å². The first kappa shape index (κ1) is 22.6. The highest BCUT2D eigenvalue weighted by atomic mass is 16.5. The van der Waals surface area contributed by atoms with Gasteiger partial charge in [0.05, 0.1) is 25.0 Å². The molecule has 8 heteroatoms. The number of carbonyl (C=O) groups is 2. The molecule has 2 N–H and O–H groups in total. The number of benzene rings is 2. The number of hydrogen-bond donors (Lipinski definition) is 2. The molecule has 0 saturated heterocycles. The zero-order valence-corrected chi connectivity index (χ0v) is 17.9. The van der Waals surface area contributed by atoms with Gasteiger partial charge in [0.25, 0.3) is 5.88 Å². The van der Waals surface area contributed by atoms with E-state index in [1.165, 1.54) is 20.2 Å². The van der Waals surface area contributed by atoms with Gasteiger partial charge >= 0.3 is 12.0 Å². The van der Waals surface area contributed by atoms with Crippen LogP contribution in [0.3, 0.4) is 0 Å². The lowest BCUT2D eigenvalue weighted by Gasteiger charge is -2.19. The zero-order chi connectivity index (χ0) is 22.8.